The molecule has 1 unspecified atom stereocenters. The van der Waals surface area contributed by atoms with E-state index in [4.69, 9.17) is 0 Å². The lowest BCUT2D eigenvalue weighted by atomic mass is 9.97. The molecule has 1 fully saturated rings. The SMILES string of the molecule is Cc1ccc(SCCNC(=O)C2CCCN(C(=O)c3cccs3)C2)cc1. The van der Waals surface area contributed by atoms with E-state index < -0.39 is 0 Å². The van der Waals surface area contributed by atoms with Crippen molar-refractivity contribution in [3.05, 3.63) is 52.2 Å². The van der Waals surface area contributed by atoms with Gasteiger partial charge in [0.25, 0.3) is 5.91 Å². The molecule has 2 heterocycles. The lowest BCUT2D eigenvalue weighted by Crippen LogP contribution is -2.45. The first-order valence-corrected chi connectivity index (χ1v) is 10.8. The highest BCUT2D eigenvalue weighted by Gasteiger charge is 2.29. The normalized spacial score (nSPS) is 17.1. The summed E-state index contributed by atoms with van der Waals surface area (Å²) < 4.78 is 0. The Morgan fingerprint density at radius 3 is 2.81 bits per heavy atom. The van der Waals surface area contributed by atoms with E-state index in [9.17, 15) is 9.59 Å². The Labute approximate surface area is 163 Å². The molecule has 2 aromatic rings. The van der Waals surface area contributed by atoms with E-state index in [0.29, 0.717) is 13.1 Å². The van der Waals surface area contributed by atoms with Crippen LogP contribution in [-0.2, 0) is 4.79 Å². The smallest absolute Gasteiger partial charge is 0.263 e. The highest BCUT2D eigenvalue weighted by atomic mass is 32.2. The number of nitrogens with one attached hydrogen (secondary N) is 1. The zero-order chi connectivity index (χ0) is 18.4. The van der Waals surface area contributed by atoms with Gasteiger partial charge in [0.1, 0.15) is 0 Å². The number of carbonyl (C=O) groups excluding carboxylic acids is 2. The van der Waals surface area contributed by atoms with Gasteiger partial charge < -0.3 is 10.2 Å². The summed E-state index contributed by atoms with van der Waals surface area (Å²) in [5, 5.41) is 4.94. The topological polar surface area (TPSA) is 49.4 Å². The summed E-state index contributed by atoms with van der Waals surface area (Å²) in [7, 11) is 0. The lowest BCUT2D eigenvalue weighted by molar-refractivity contribution is -0.126. The van der Waals surface area contributed by atoms with Crippen molar-refractivity contribution in [3.8, 4) is 0 Å². The van der Waals surface area contributed by atoms with E-state index >= 15 is 0 Å². The van der Waals surface area contributed by atoms with Crippen LogP contribution >= 0.6 is 23.1 Å². The van der Waals surface area contributed by atoms with Crippen LogP contribution in [0.1, 0.15) is 28.1 Å². The third-order valence-corrected chi connectivity index (χ3v) is 6.37. The second-order valence-corrected chi connectivity index (χ2v) is 8.64. The van der Waals surface area contributed by atoms with Crippen molar-refractivity contribution >= 4 is 34.9 Å². The average molecular weight is 389 g/mol. The quantitative estimate of drug-likeness (QED) is 0.605. The van der Waals surface area contributed by atoms with Crippen LogP contribution in [0, 0.1) is 12.8 Å². The lowest BCUT2D eigenvalue weighted by Gasteiger charge is -2.31. The molecule has 0 spiro atoms. The molecule has 0 saturated carbocycles. The molecule has 1 aromatic carbocycles. The molecule has 138 valence electrons. The number of amides is 2. The van der Waals surface area contributed by atoms with Crippen molar-refractivity contribution in [1.29, 1.82) is 0 Å². The van der Waals surface area contributed by atoms with Gasteiger partial charge in [-0.2, -0.15) is 0 Å². The fraction of sp³-hybridized carbons (Fsp3) is 0.400. The minimum absolute atomic E-state index is 0.0485. The highest BCUT2D eigenvalue weighted by Crippen LogP contribution is 2.21. The molecular formula is C20H24N2O2S2. The van der Waals surface area contributed by atoms with E-state index in [0.717, 1.165) is 30.0 Å². The molecule has 2 amide bonds. The van der Waals surface area contributed by atoms with Gasteiger partial charge in [-0.25, -0.2) is 0 Å². The van der Waals surface area contributed by atoms with Crippen LogP contribution in [0.2, 0.25) is 0 Å². The molecule has 4 nitrogen and oxygen atoms in total. The van der Waals surface area contributed by atoms with Gasteiger partial charge in [-0.1, -0.05) is 23.8 Å². The maximum atomic E-state index is 12.5. The van der Waals surface area contributed by atoms with Gasteiger partial charge in [-0.05, 0) is 43.3 Å². The maximum absolute atomic E-state index is 12.5. The summed E-state index contributed by atoms with van der Waals surface area (Å²) in [6.45, 7) is 3.98. The van der Waals surface area contributed by atoms with E-state index in [-0.39, 0.29) is 17.7 Å². The van der Waals surface area contributed by atoms with Gasteiger partial charge in [0.05, 0.1) is 10.8 Å². The summed E-state index contributed by atoms with van der Waals surface area (Å²) in [4.78, 5) is 28.7. The Morgan fingerprint density at radius 1 is 1.27 bits per heavy atom. The van der Waals surface area contributed by atoms with E-state index in [1.807, 2.05) is 22.4 Å². The number of thioether (sulfide) groups is 1. The van der Waals surface area contributed by atoms with E-state index in [1.54, 1.807) is 11.8 Å². The Bertz CT molecular complexity index is 729. The average Bonchev–Trinajstić information content (AvgIpc) is 3.21. The predicted molar refractivity (Wildman–Crippen MR) is 108 cm³/mol. The Balaban J connectivity index is 1.42. The highest BCUT2D eigenvalue weighted by molar-refractivity contribution is 7.99. The number of benzene rings is 1. The first-order chi connectivity index (χ1) is 12.6. The zero-order valence-corrected chi connectivity index (χ0v) is 16.6. The van der Waals surface area contributed by atoms with Crippen molar-refractivity contribution in [2.24, 2.45) is 5.92 Å². The Kier molecular flexibility index (Phi) is 6.74. The van der Waals surface area contributed by atoms with Crippen molar-refractivity contribution < 1.29 is 9.59 Å². The molecule has 1 aliphatic rings. The summed E-state index contributed by atoms with van der Waals surface area (Å²) in [5.41, 5.74) is 1.25. The van der Waals surface area contributed by atoms with Crippen molar-refractivity contribution in [1.82, 2.24) is 10.2 Å². The van der Waals surface area contributed by atoms with Crippen molar-refractivity contribution in [2.75, 3.05) is 25.4 Å². The number of nitrogens with zero attached hydrogens (tertiary/aromatic N) is 1. The van der Waals surface area contributed by atoms with Gasteiger partial charge >= 0.3 is 0 Å². The molecule has 1 saturated heterocycles. The van der Waals surface area contributed by atoms with Gasteiger partial charge in [-0.15, -0.1) is 23.1 Å². The van der Waals surface area contributed by atoms with Crippen LogP contribution in [-0.4, -0.2) is 42.1 Å². The summed E-state index contributed by atoms with van der Waals surface area (Å²) in [5.74, 6) is 0.863. The number of likely N-dealkylation sites (tertiary alicyclic amines) is 1. The standard InChI is InChI=1S/C20H24N2O2S2/c1-15-6-8-17(9-7-15)25-13-10-21-19(23)16-4-2-11-22(14-16)20(24)18-5-3-12-26-18/h3,5-9,12,16H,2,4,10-11,13-14H2,1H3,(H,21,23). The van der Waals surface area contributed by atoms with Gasteiger partial charge in [0.2, 0.25) is 5.91 Å². The molecule has 26 heavy (non-hydrogen) atoms. The molecule has 1 aliphatic heterocycles. The third kappa shape index (κ3) is 5.11. The number of hydrogen-bond donors (Lipinski definition) is 1. The maximum Gasteiger partial charge on any atom is 0.263 e. The van der Waals surface area contributed by atoms with Crippen molar-refractivity contribution in [3.63, 3.8) is 0 Å². The van der Waals surface area contributed by atoms with Gasteiger partial charge in [0, 0.05) is 30.3 Å². The molecule has 0 radical (unpaired) electrons. The summed E-state index contributed by atoms with van der Waals surface area (Å²) >= 11 is 3.20. The van der Waals surface area contributed by atoms with Crippen LogP contribution in [0.4, 0.5) is 0 Å². The molecule has 0 aliphatic carbocycles. The van der Waals surface area contributed by atoms with Gasteiger partial charge in [0.15, 0.2) is 0 Å². The number of thiophene rings is 1. The van der Waals surface area contributed by atoms with Crippen LogP contribution in [0.3, 0.4) is 0 Å². The summed E-state index contributed by atoms with van der Waals surface area (Å²) in [6, 6.07) is 12.1. The summed E-state index contributed by atoms with van der Waals surface area (Å²) in [6.07, 6.45) is 1.73. The fourth-order valence-corrected chi connectivity index (χ4v) is 4.51. The molecule has 1 aromatic heterocycles. The van der Waals surface area contributed by atoms with E-state index in [1.165, 1.54) is 21.8 Å². The number of rotatable bonds is 6. The minimum atomic E-state index is -0.1000. The second kappa shape index (κ2) is 9.24. The predicted octanol–water partition coefficient (Wildman–Crippen LogP) is 3.82. The van der Waals surface area contributed by atoms with Gasteiger partial charge in [-0.3, -0.25) is 9.59 Å². The van der Waals surface area contributed by atoms with E-state index in [2.05, 4.69) is 36.5 Å². The molecule has 0 bridgehead atoms. The molecule has 1 N–H and O–H groups in total. The number of hydrogen-bond acceptors (Lipinski definition) is 4. The molecule has 3 rings (SSSR count). The van der Waals surface area contributed by atoms with Crippen LogP contribution < -0.4 is 5.32 Å². The fourth-order valence-electron chi connectivity index (χ4n) is 3.05. The largest absolute Gasteiger partial charge is 0.355 e. The van der Waals surface area contributed by atoms with Crippen LogP contribution in [0.15, 0.2) is 46.7 Å². The molecular weight excluding hydrogens is 364 g/mol. The third-order valence-electron chi connectivity index (χ3n) is 4.50. The van der Waals surface area contributed by atoms with Crippen molar-refractivity contribution in [2.45, 2.75) is 24.7 Å². The van der Waals surface area contributed by atoms with Crippen LogP contribution in [0.25, 0.3) is 0 Å². The molecule has 1 atom stereocenters. The Morgan fingerprint density at radius 2 is 2.08 bits per heavy atom. The first kappa shape index (κ1) is 19.0. The molecule has 6 heteroatoms. The number of piperidine rings is 1. The second-order valence-electron chi connectivity index (χ2n) is 6.52. The number of aryl methyl sites for hydroxylation is 1. The first-order valence-electron chi connectivity index (χ1n) is 8.93. The minimum Gasteiger partial charge on any atom is -0.355 e. The zero-order valence-electron chi connectivity index (χ0n) is 14.9. The van der Waals surface area contributed by atoms with Crippen LogP contribution in [0.5, 0.6) is 0 Å². The number of carbonyl (C=O) groups is 2. The monoisotopic (exact) mass is 388 g/mol. The Hall–Kier alpha value is -1.79.